The quantitative estimate of drug-likeness (QED) is 0.401. The van der Waals surface area contributed by atoms with Crippen molar-refractivity contribution in [2.75, 3.05) is 20.3 Å². The van der Waals surface area contributed by atoms with Crippen molar-refractivity contribution in [3.8, 4) is 5.75 Å². The zero-order chi connectivity index (χ0) is 19.8. The van der Waals surface area contributed by atoms with E-state index < -0.39 is 24.1 Å². The van der Waals surface area contributed by atoms with Gasteiger partial charge in [0.1, 0.15) is 0 Å². The molecule has 0 spiro atoms. The maximum Gasteiger partial charge on any atom is 0.344 e. The highest BCUT2D eigenvalue weighted by atomic mass is 16.6. The summed E-state index contributed by atoms with van der Waals surface area (Å²) in [6, 6.07) is 13.4. The van der Waals surface area contributed by atoms with Gasteiger partial charge in [0.15, 0.2) is 19.0 Å². The fourth-order valence-corrected chi connectivity index (χ4v) is 2.29. The fourth-order valence-electron chi connectivity index (χ4n) is 2.29. The van der Waals surface area contributed by atoms with E-state index in [9.17, 15) is 19.7 Å². The molecule has 0 saturated carbocycles. The van der Waals surface area contributed by atoms with E-state index in [0.717, 1.165) is 11.1 Å². The van der Waals surface area contributed by atoms with Gasteiger partial charge in [0.05, 0.1) is 4.92 Å². The Morgan fingerprint density at radius 3 is 2.44 bits per heavy atom. The third kappa shape index (κ3) is 5.81. The Morgan fingerprint density at radius 1 is 1.07 bits per heavy atom. The lowest BCUT2D eigenvalue weighted by Gasteiger charge is -2.18. The second-order valence-corrected chi connectivity index (χ2v) is 5.85. The van der Waals surface area contributed by atoms with Crippen LogP contribution < -0.4 is 4.74 Å². The molecule has 2 aromatic carbocycles. The van der Waals surface area contributed by atoms with Gasteiger partial charge in [0.25, 0.3) is 5.91 Å². The molecule has 0 N–H and O–H groups in total. The van der Waals surface area contributed by atoms with Gasteiger partial charge >= 0.3 is 11.7 Å². The monoisotopic (exact) mass is 372 g/mol. The molecule has 0 bridgehead atoms. The molecule has 2 aromatic rings. The molecule has 0 radical (unpaired) electrons. The summed E-state index contributed by atoms with van der Waals surface area (Å²) < 4.78 is 10.0. The average Bonchev–Trinajstić information content (AvgIpc) is 2.66. The van der Waals surface area contributed by atoms with Crippen molar-refractivity contribution >= 4 is 17.6 Å². The first-order valence-corrected chi connectivity index (χ1v) is 8.19. The summed E-state index contributed by atoms with van der Waals surface area (Å²) in [6.07, 6.45) is 0. The Balaban J connectivity index is 1.80. The number of carbonyl (C=O) groups is 2. The van der Waals surface area contributed by atoms with Gasteiger partial charge in [0.2, 0.25) is 0 Å². The van der Waals surface area contributed by atoms with Crippen LogP contribution in [0.3, 0.4) is 0 Å². The minimum absolute atomic E-state index is 0.0394. The number of nitro benzene ring substituents is 1. The van der Waals surface area contributed by atoms with Crippen LogP contribution in [0.4, 0.5) is 5.69 Å². The molecule has 8 heteroatoms. The predicted octanol–water partition coefficient (Wildman–Crippen LogP) is 2.48. The number of para-hydroxylation sites is 2. The number of nitrogens with zero attached hydrogens (tertiary/aromatic N) is 2. The zero-order valence-corrected chi connectivity index (χ0v) is 15.1. The van der Waals surface area contributed by atoms with Gasteiger partial charge in [-0.3, -0.25) is 14.9 Å². The van der Waals surface area contributed by atoms with E-state index in [4.69, 9.17) is 9.47 Å². The van der Waals surface area contributed by atoms with E-state index in [-0.39, 0.29) is 17.3 Å². The standard InChI is InChI=1S/C19H20N2O6/c1-14-7-3-4-8-15(14)11-20(2)18(22)12-27-19(23)13-26-17-10-6-5-9-16(17)21(24)25/h3-10H,11-13H2,1-2H3. The van der Waals surface area contributed by atoms with Gasteiger partial charge < -0.3 is 14.4 Å². The van der Waals surface area contributed by atoms with Crippen LogP contribution >= 0.6 is 0 Å². The van der Waals surface area contributed by atoms with Crippen molar-refractivity contribution in [1.82, 2.24) is 4.90 Å². The van der Waals surface area contributed by atoms with E-state index in [1.54, 1.807) is 13.1 Å². The minimum Gasteiger partial charge on any atom is -0.475 e. The fraction of sp³-hybridized carbons (Fsp3) is 0.263. The highest BCUT2D eigenvalue weighted by Crippen LogP contribution is 2.25. The third-order valence-corrected chi connectivity index (χ3v) is 3.86. The molecule has 0 fully saturated rings. The molecule has 0 heterocycles. The normalized spacial score (nSPS) is 10.1. The van der Waals surface area contributed by atoms with Crippen molar-refractivity contribution in [3.63, 3.8) is 0 Å². The first kappa shape index (κ1) is 19.9. The molecule has 0 aromatic heterocycles. The summed E-state index contributed by atoms with van der Waals surface area (Å²) in [4.78, 5) is 35.6. The average molecular weight is 372 g/mol. The molecule has 0 atom stereocenters. The van der Waals surface area contributed by atoms with Crippen LogP contribution in [0.25, 0.3) is 0 Å². The van der Waals surface area contributed by atoms with Crippen LogP contribution in [0.2, 0.25) is 0 Å². The van der Waals surface area contributed by atoms with Crippen molar-refractivity contribution in [3.05, 3.63) is 69.8 Å². The van der Waals surface area contributed by atoms with Gasteiger partial charge in [-0.25, -0.2) is 4.79 Å². The van der Waals surface area contributed by atoms with E-state index >= 15 is 0 Å². The molecule has 0 unspecified atom stereocenters. The van der Waals surface area contributed by atoms with Crippen LogP contribution in [-0.4, -0.2) is 42.0 Å². The Hall–Kier alpha value is -3.42. The maximum absolute atomic E-state index is 12.1. The molecule has 0 aliphatic rings. The lowest BCUT2D eigenvalue weighted by atomic mass is 10.1. The highest BCUT2D eigenvalue weighted by Gasteiger charge is 2.17. The van der Waals surface area contributed by atoms with Crippen LogP contribution in [-0.2, 0) is 20.9 Å². The Morgan fingerprint density at radius 2 is 1.74 bits per heavy atom. The number of aryl methyl sites for hydroxylation is 1. The molecule has 8 nitrogen and oxygen atoms in total. The van der Waals surface area contributed by atoms with Gasteiger partial charge in [-0.15, -0.1) is 0 Å². The number of benzene rings is 2. The van der Waals surface area contributed by atoms with Crippen LogP contribution in [0, 0.1) is 17.0 Å². The van der Waals surface area contributed by atoms with Crippen molar-refractivity contribution in [2.24, 2.45) is 0 Å². The Labute approximate surface area is 156 Å². The number of amides is 1. The summed E-state index contributed by atoms with van der Waals surface area (Å²) in [7, 11) is 1.62. The largest absolute Gasteiger partial charge is 0.475 e. The number of hydrogen-bond donors (Lipinski definition) is 0. The highest BCUT2D eigenvalue weighted by molar-refractivity contribution is 5.80. The van der Waals surface area contributed by atoms with Crippen molar-refractivity contribution in [2.45, 2.75) is 13.5 Å². The second-order valence-electron chi connectivity index (χ2n) is 5.85. The van der Waals surface area contributed by atoms with Gasteiger partial charge in [-0.1, -0.05) is 36.4 Å². The molecule has 1 amide bonds. The van der Waals surface area contributed by atoms with E-state index in [2.05, 4.69) is 0 Å². The number of rotatable bonds is 8. The Bertz CT molecular complexity index is 836. The molecule has 0 aliphatic heterocycles. The lowest BCUT2D eigenvalue weighted by molar-refractivity contribution is -0.385. The number of nitro groups is 1. The topological polar surface area (TPSA) is 99.0 Å². The molecular weight excluding hydrogens is 352 g/mol. The zero-order valence-electron chi connectivity index (χ0n) is 15.1. The lowest BCUT2D eigenvalue weighted by Crippen LogP contribution is -2.31. The third-order valence-electron chi connectivity index (χ3n) is 3.86. The number of esters is 1. The molecule has 0 aliphatic carbocycles. The first-order valence-electron chi connectivity index (χ1n) is 8.19. The number of ether oxygens (including phenoxy) is 2. The van der Waals surface area contributed by atoms with Crippen molar-refractivity contribution in [1.29, 1.82) is 0 Å². The van der Waals surface area contributed by atoms with Gasteiger partial charge in [-0.05, 0) is 24.1 Å². The molecular formula is C19H20N2O6. The van der Waals surface area contributed by atoms with E-state index in [0.29, 0.717) is 6.54 Å². The summed E-state index contributed by atoms with van der Waals surface area (Å²) >= 11 is 0. The first-order chi connectivity index (χ1) is 12.9. The molecule has 27 heavy (non-hydrogen) atoms. The van der Waals surface area contributed by atoms with E-state index in [1.807, 2.05) is 31.2 Å². The van der Waals surface area contributed by atoms with Gasteiger partial charge in [0, 0.05) is 19.7 Å². The number of hydrogen-bond acceptors (Lipinski definition) is 6. The van der Waals surface area contributed by atoms with Crippen molar-refractivity contribution < 1.29 is 24.0 Å². The van der Waals surface area contributed by atoms with Crippen LogP contribution in [0.15, 0.2) is 48.5 Å². The summed E-state index contributed by atoms with van der Waals surface area (Å²) in [5.74, 6) is -1.19. The second kappa shape index (κ2) is 9.33. The summed E-state index contributed by atoms with van der Waals surface area (Å²) in [6.45, 7) is 1.39. The number of likely N-dealkylation sites (N-methyl/N-ethyl adjacent to an activating group) is 1. The minimum atomic E-state index is -0.786. The molecule has 2 rings (SSSR count). The summed E-state index contributed by atoms with van der Waals surface area (Å²) in [5.41, 5.74) is 1.81. The predicted molar refractivity (Wildman–Crippen MR) is 97.2 cm³/mol. The molecule has 142 valence electrons. The summed E-state index contributed by atoms with van der Waals surface area (Å²) in [5, 5.41) is 10.9. The van der Waals surface area contributed by atoms with Crippen LogP contribution in [0.5, 0.6) is 5.75 Å². The Kier molecular flexibility index (Phi) is 6.87. The maximum atomic E-state index is 12.1. The molecule has 0 saturated heterocycles. The smallest absolute Gasteiger partial charge is 0.344 e. The van der Waals surface area contributed by atoms with Crippen LogP contribution in [0.1, 0.15) is 11.1 Å². The SMILES string of the molecule is Cc1ccccc1CN(C)C(=O)COC(=O)COc1ccccc1[N+](=O)[O-]. The number of carbonyl (C=O) groups excluding carboxylic acids is 2. The van der Waals surface area contributed by atoms with E-state index in [1.165, 1.54) is 23.1 Å². The van der Waals surface area contributed by atoms with Gasteiger partial charge in [-0.2, -0.15) is 0 Å².